The summed E-state index contributed by atoms with van der Waals surface area (Å²) in [7, 11) is 3.27. The highest BCUT2D eigenvalue weighted by atomic mass is 35.5. The Kier molecular flexibility index (Phi) is 4.87. The summed E-state index contributed by atoms with van der Waals surface area (Å²) in [5, 5.41) is 4.22. The number of ether oxygens (including phenoxy) is 1. The lowest BCUT2D eigenvalue weighted by atomic mass is 10.3. The minimum Gasteiger partial charge on any atom is -0.495 e. The number of para-hydroxylation sites is 1. The number of nitrogens with one attached hydrogen (secondary N) is 1. The van der Waals surface area contributed by atoms with Gasteiger partial charge in [-0.05, 0) is 30.3 Å². The molecule has 0 spiro atoms. The lowest BCUT2D eigenvalue weighted by Gasteiger charge is -2.18. The first-order valence-electron chi connectivity index (χ1n) is 7.27. The third-order valence-electron chi connectivity index (χ3n) is 3.46. The predicted molar refractivity (Wildman–Crippen MR) is 98.1 cm³/mol. The predicted octanol–water partition coefficient (Wildman–Crippen LogP) is 4.62. The fourth-order valence-electron chi connectivity index (χ4n) is 2.25. The number of anilines is 1. The summed E-state index contributed by atoms with van der Waals surface area (Å²) in [4.78, 5) is 18.5. The summed E-state index contributed by atoms with van der Waals surface area (Å²) >= 11 is 7.56. The van der Waals surface area contributed by atoms with E-state index >= 15 is 0 Å². The molecule has 0 aliphatic carbocycles. The molecule has 1 heterocycles. The van der Waals surface area contributed by atoms with E-state index in [9.17, 15) is 4.79 Å². The van der Waals surface area contributed by atoms with Gasteiger partial charge < -0.3 is 15.0 Å². The van der Waals surface area contributed by atoms with E-state index < -0.39 is 0 Å². The van der Waals surface area contributed by atoms with Gasteiger partial charge in [0.25, 0.3) is 0 Å². The Labute approximate surface area is 148 Å². The summed E-state index contributed by atoms with van der Waals surface area (Å²) in [6.07, 6.45) is 0. The summed E-state index contributed by atoms with van der Waals surface area (Å²) in [6.45, 7) is 0.425. The zero-order valence-electron chi connectivity index (χ0n) is 13.2. The molecule has 24 heavy (non-hydrogen) atoms. The molecule has 0 aliphatic rings. The number of rotatable bonds is 4. The summed E-state index contributed by atoms with van der Waals surface area (Å²) in [5.41, 5.74) is 1.48. The Morgan fingerprint density at radius 2 is 2.12 bits per heavy atom. The number of benzene rings is 2. The van der Waals surface area contributed by atoms with Gasteiger partial charge in [-0.25, -0.2) is 9.78 Å². The van der Waals surface area contributed by atoms with Gasteiger partial charge in [-0.3, -0.25) is 0 Å². The highest BCUT2D eigenvalue weighted by Crippen LogP contribution is 2.28. The van der Waals surface area contributed by atoms with Crippen LogP contribution in [-0.4, -0.2) is 30.1 Å². The third-order valence-corrected chi connectivity index (χ3v) is 4.72. The van der Waals surface area contributed by atoms with Crippen molar-refractivity contribution >= 4 is 44.9 Å². The molecule has 0 fully saturated rings. The lowest BCUT2D eigenvalue weighted by Crippen LogP contribution is -2.30. The Morgan fingerprint density at radius 1 is 1.33 bits per heavy atom. The van der Waals surface area contributed by atoms with Crippen molar-refractivity contribution in [3.05, 3.63) is 52.5 Å². The summed E-state index contributed by atoms with van der Waals surface area (Å²) in [6, 6.07) is 12.7. The minimum atomic E-state index is -0.255. The monoisotopic (exact) mass is 361 g/mol. The van der Waals surface area contributed by atoms with Gasteiger partial charge >= 0.3 is 6.03 Å². The number of amides is 2. The van der Waals surface area contributed by atoms with Gasteiger partial charge in [0.15, 0.2) is 0 Å². The van der Waals surface area contributed by atoms with E-state index in [4.69, 9.17) is 16.3 Å². The average molecular weight is 362 g/mol. The molecule has 0 unspecified atom stereocenters. The molecule has 7 heteroatoms. The Hall–Kier alpha value is -2.31. The van der Waals surface area contributed by atoms with E-state index in [0.717, 1.165) is 15.2 Å². The smallest absolute Gasteiger partial charge is 0.322 e. The van der Waals surface area contributed by atoms with Gasteiger partial charge in [0, 0.05) is 12.1 Å². The molecular formula is C17H16ClN3O2S. The number of carbonyl (C=O) groups excluding carboxylic acids is 1. The molecule has 2 aromatic carbocycles. The van der Waals surface area contributed by atoms with Crippen LogP contribution in [0.25, 0.3) is 10.2 Å². The lowest BCUT2D eigenvalue weighted by molar-refractivity contribution is 0.220. The van der Waals surface area contributed by atoms with E-state index in [1.165, 1.54) is 0 Å². The van der Waals surface area contributed by atoms with Crippen molar-refractivity contribution in [2.45, 2.75) is 6.54 Å². The molecule has 1 aromatic heterocycles. The zero-order valence-corrected chi connectivity index (χ0v) is 14.8. The topological polar surface area (TPSA) is 54.5 Å². The molecule has 0 aliphatic heterocycles. The maximum atomic E-state index is 12.4. The van der Waals surface area contributed by atoms with Crippen LogP contribution in [-0.2, 0) is 6.54 Å². The van der Waals surface area contributed by atoms with Crippen LogP contribution in [0.2, 0.25) is 5.02 Å². The second kappa shape index (κ2) is 7.07. The van der Waals surface area contributed by atoms with Gasteiger partial charge in [0.1, 0.15) is 10.8 Å². The number of urea groups is 1. The van der Waals surface area contributed by atoms with E-state index in [2.05, 4.69) is 10.3 Å². The van der Waals surface area contributed by atoms with Crippen LogP contribution >= 0.6 is 22.9 Å². The van der Waals surface area contributed by atoms with Crippen LogP contribution in [0.5, 0.6) is 5.75 Å². The van der Waals surface area contributed by atoms with E-state index in [0.29, 0.717) is 23.0 Å². The minimum absolute atomic E-state index is 0.255. The Morgan fingerprint density at radius 3 is 2.88 bits per heavy atom. The average Bonchev–Trinajstić information content (AvgIpc) is 2.97. The van der Waals surface area contributed by atoms with Crippen LogP contribution in [0.4, 0.5) is 10.5 Å². The molecule has 3 aromatic rings. The van der Waals surface area contributed by atoms with Gasteiger partial charge in [-0.2, -0.15) is 0 Å². The third kappa shape index (κ3) is 3.60. The first-order valence-corrected chi connectivity index (χ1v) is 8.46. The van der Waals surface area contributed by atoms with Crippen LogP contribution in [0.3, 0.4) is 0 Å². The second-order valence-electron chi connectivity index (χ2n) is 5.21. The van der Waals surface area contributed by atoms with Crippen LogP contribution < -0.4 is 10.1 Å². The molecule has 0 atom stereocenters. The first-order chi connectivity index (χ1) is 11.6. The number of nitrogens with zero attached hydrogens (tertiary/aromatic N) is 2. The van der Waals surface area contributed by atoms with Crippen molar-refractivity contribution in [3.8, 4) is 5.75 Å². The number of thiazole rings is 1. The van der Waals surface area contributed by atoms with Crippen molar-refractivity contribution in [2.24, 2.45) is 0 Å². The number of hydrogen-bond donors (Lipinski definition) is 1. The summed E-state index contributed by atoms with van der Waals surface area (Å²) < 4.78 is 6.35. The Bertz CT molecular complexity index is 848. The Balaban J connectivity index is 1.71. The van der Waals surface area contributed by atoms with Crippen molar-refractivity contribution in [3.63, 3.8) is 0 Å². The fourth-order valence-corrected chi connectivity index (χ4v) is 3.44. The SMILES string of the molecule is COc1ccc(Cl)cc1NC(=O)N(C)Cc1nc2ccccc2s1. The van der Waals surface area contributed by atoms with Gasteiger partial charge in [-0.1, -0.05) is 23.7 Å². The molecule has 0 saturated heterocycles. The second-order valence-corrected chi connectivity index (χ2v) is 6.76. The van der Waals surface area contributed by atoms with E-state index in [1.54, 1.807) is 48.6 Å². The molecule has 2 amide bonds. The van der Waals surface area contributed by atoms with Gasteiger partial charge in [0.2, 0.25) is 0 Å². The van der Waals surface area contributed by atoms with Gasteiger partial charge in [0.05, 0.1) is 29.6 Å². The normalized spacial score (nSPS) is 10.6. The largest absolute Gasteiger partial charge is 0.495 e. The van der Waals surface area contributed by atoms with E-state index in [-0.39, 0.29) is 6.03 Å². The molecular weight excluding hydrogens is 346 g/mol. The molecule has 3 rings (SSSR count). The quantitative estimate of drug-likeness (QED) is 0.737. The van der Waals surface area contributed by atoms with Crippen molar-refractivity contribution < 1.29 is 9.53 Å². The molecule has 0 bridgehead atoms. The number of carbonyl (C=O) groups is 1. The van der Waals surface area contributed by atoms with Crippen molar-refractivity contribution in [1.29, 1.82) is 0 Å². The highest BCUT2D eigenvalue weighted by Gasteiger charge is 2.14. The first kappa shape index (κ1) is 16.5. The fraction of sp³-hybridized carbons (Fsp3) is 0.176. The highest BCUT2D eigenvalue weighted by molar-refractivity contribution is 7.18. The number of halogens is 1. The molecule has 5 nitrogen and oxygen atoms in total. The van der Waals surface area contributed by atoms with Crippen LogP contribution in [0.15, 0.2) is 42.5 Å². The number of fused-ring (bicyclic) bond motifs is 1. The maximum Gasteiger partial charge on any atom is 0.322 e. The number of methoxy groups -OCH3 is 1. The number of hydrogen-bond acceptors (Lipinski definition) is 4. The van der Waals surface area contributed by atoms with Gasteiger partial charge in [-0.15, -0.1) is 11.3 Å². The van der Waals surface area contributed by atoms with Crippen molar-refractivity contribution in [2.75, 3.05) is 19.5 Å². The van der Waals surface area contributed by atoms with Crippen LogP contribution in [0.1, 0.15) is 5.01 Å². The van der Waals surface area contributed by atoms with E-state index in [1.807, 2.05) is 24.3 Å². The van der Waals surface area contributed by atoms with Crippen LogP contribution in [0, 0.1) is 0 Å². The number of aromatic nitrogens is 1. The standard InChI is InChI=1S/C17H16ClN3O2S/c1-21(10-16-19-12-5-3-4-6-15(12)24-16)17(22)20-13-9-11(18)7-8-14(13)23-2/h3-9H,10H2,1-2H3,(H,20,22). The maximum absolute atomic E-state index is 12.4. The molecule has 124 valence electrons. The molecule has 1 N–H and O–H groups in total. The molecule has 0 radical (unpaired) electrons. The summed E-state index contributed by atoms with van der Waals surface area (Å²) in [5.74, 6) is 0.557. The van der Waals surface area contributed by atoms with Crippen molar-refractivity contribution in [1.82, 2.24) is 9.88 Å². The molecule has 0 saturated carbocycles. The zero-order chi connectivity index (χ0) is 17.1.